The molecule has 3 aromatic heterocycles. The number of nitrogens with one attached hydrogen (secondary N) is 2. The van der Waals surface area contributed by atoms with Crippen LogP contribution in [-0.2, 0) is 17.6 Å². The van der Waals surface area contributed by atoms with Gasteiger partial charge in [-0.1, -0.05) is 26.7 Å². The molecule has 1 saturated carbocycles. The maximum atomic E-state index is 6.39. The second-order valence-corrected chi connectivity index (χ2v) is 10.9. The molecule has 0 atom stereocenters. The Morgan fingerprint density at radius 1 is 1.09 bits per heavy atom. The highest BCUT2D eigenvalue weighted by molar-refractivity contribution is 6.07. The maximum Gasteiger partial charge on any atom is 0.231 e. The summed E-state index contributed by atoms with van der Waals surface area (Å²) in [5.74, 6) is 1.78. The van der Waals surface area contributed by atoms with Gasteiger partial charge in [-0.15, -0.1) is 0 Å². The lowest BCUT2D eigenvalue weighted by Gasteiger charge is -2.33. The monoisotopic (exact) mass is 464 g/mol. The van der Waals surface area contributed by atoms with E-state index in [2.05, 4.69) is 39.3 Å². The van der Waals surface area contributed by atoms with Crippen LogP contribution in [0.25, 0.3) is 22.2 Å². The molecule has 0 bridgehead atoms. The molecule has 1 aliphatic heterocycles. The summed E-state index contributed by atoms with van der Waals surface area (Å²) in [4.78, 5) is 16.7. The number of fused-ring (bicyclic) bond motifs is 5. The van der Waals surface area contributed by atoms with Gasteiger partial charge >= 0.3 is 0 Å². The van der Waals surface area contributed by atoms with Crippen LogP contribution < -0.4 is 10.6 Å². The Bertz CT molecular complexity index is 1180. The maximum absolute atomic E-state index is 6.39. The van der Waals surface area contributed by atoms with Crippen molar-refractivity contribution in [1.82, 2.24) is 19.9 Å². The Balaban J connectivity index is 1.37. The second kappa shape index (κ2) is 8.96. The third kappa shape index (κ3) is 4.22. The van der Waals surface area contributed by atoms with Gasteiger partial charge in [-0.3, -0.25) is 4.90 Å². The van der Waals surface area contributed by atoms with Gasteiger partial charge in [0.15, 0.2) is 11.4 Å². The summed E-state index contributed by atoms with van der Waals surface area (Å²) in [6.45, 7) is 10.1. The summed E-state index contributed by atoms with van der Waals surface area (Å²) in [5, 5.41) is 8.35. The van der Waals surface area contributed by atoms with Gasteiger partial charge in [0, 0.05) is 32.2 Å². The largest absolute Gasteiger partial charge is 0.432 e. The van der Waals surface area contributed by atoms with Gasteiger partial charge in [0.25, 0.3) is 0 Å². The van der Waals surface area contributed by atoms with Crippen LogP contribution in [0, 0.1) is 5.41 Å². The second-order valence-electron chi connectivity index (χ2n) is 10.9. The first kappa shape index (κ1) is 22.0. The molecule has 2 N–H and O–H groups in total. The predicted octanol–water partition coefficient (Wildman–Crippen LogP) is 4.38. The summed E-state index contributed by atoms with van der Waals surface area (Å²) >= 11 is 0. The lowest BCUT2D eigenvalue weighted by Crippen LogP contribution is -2.39. The van der Waals surface area contributed by atoms with E-state index in [9.17, 15) is 0 Å². The number of nitrogens with zero attached hydrogens (tertiary/aromatic N) is 4. The molecule has 4 heterocycles. The molecule has 182 valence electrons. The van der Waals surface area contributed by atoms with E-state index in [-0.39, 0.29) is 5.41 Å². The lowest BCUT2D eigenvalue weighted by molar-refractivity contribution is 0.0398. The predicted molar refractivity (Wildman–Crippen MR) is 135 cm³/mol. The van der Waals surface area contributed by atoms with Crippen LogP contribution in [0.1, 0.15) is 57.1 Å². The first-order chi connectivity index (χ1) is 16.6. The Morgan fingerprint density at radius 2 is 1.91 bits per heavy atom. The molecule has 8 heteroatoms. The van der Waals surface area contributed by atoms with Crippen molar-refractivity contribution in [1.29, 1.82) is 0 Å². The Labute approximate surface area is 200 Å². The van der Waals surface area contributed by atoms with E-state index in [0.29, 0.717) is 11.8 Å². The van der Waals surface area contributed by atoms with Crippen LogP contribution in [0.4, 0.5) is 11.6 Å². The molecular weight excluding hydrogens is 428 g/mol. The number of pyridine rings is 1. The third-order valence-corrected chi connectivity index (χ3v) is 7.85. The molecule has 3 aromatic rings. The van der Waals surface area contributed by atoms with Crippen molar-refractivity contribution in [3.63, 3.8) is 0 Å². The van der Waals surface area contributed by atoms with Crippen LogP contribution in [0.2, 0.25) is 0 Å². The van der Waals surface area contributed by atoms with E-state index in [1.807, 2.05) is 0 Å². The first-order valence-electron chi connectivity index (χ1n) is 13.0. The molecular formula is C26H36N6O2. The van der Waals surface area contributed by atoms with Crippen molar-refractivity contribution in [2.24, 2.45) is 5.41 Å². The SMILES string of the molecule is CC1(C)CCc2c(NC3CCCC3)nc3oc4c(NCCN5CCOCC5)ncnc4c3c2C1. The van der Waals surface area contributed by atoms with Gasteiger partial charge in [-0.05, 0) is 48.6 Å². The van der Waals surface area contributed by atoms with Crippen molar-refractivity contribution in [3.8, 4) is 0 Å². The molecule has 0 radical (unpaired) electrons. The van der Waals surface area contributed by atoms with E-state index in [1.54, 1.807) is 6.33 Å². The number of furan rings is 1. The normalized spacial score (nSPS) is 21.2. The minimum atomic E-state index is 0.252. The number of hydrogen-bond acceptors (Lipinski definition) is 8. The van der Waals surface area contributed by atoms with Crippen molar-refractivity contribution < 1.29 is 9.15 Å². The zero-order valence-corrected chi connectivity index (χ0v) is 20.5. The van der Waals surface area contributed by atoms with Gasteiger partial charge in [-0.2, -0.15) is 4.98 Å². The summed E-state index contributed by atoms with van der Waals surface area (Å²) in [6.07, 6.45) is 9.93. The fourth-order valence-electron chi connectivity index (χ4n) is 5.87. The van der Waals surface area contributed by atoms with Gasteiger partial charge in [0.05, 0.1) is 18.6 Å². The standard InChI is InChI=1S/C26H36N6O2/c1-26(2)8-7-18-19(15-26)20-21-22(34-25(20)31-23(18)30-17-5-3-4-6-17)24(29-16-28-21)27-9-10-32-11-13-33-14-12-32/h16-17H,3-15H2,1-2H3,(H,30,31)(H,27,28,29). The van der Waals surface area contributed by atoms with Gasteiger partial charge < -0.3 is 19.8 Å². The minimum absolute atomic E-state index is 0.252. The molecule has 8 nitrogen and oxygen atoms in total. The summed E-state index contributed by atoms with van der Waals surface area (Å²) < 4.78 is 11.9. The molecule has 34 heavy (non-hydrogen) atoms. The zero-order chi connectivity index (χ0) is 23.1. The number of hydrogen-bond donors (Lipinski definition) is 2. The van der Waals surface area contributed by atoms with E-state index in [0.717, 1.165) is 80.4 Å². The van der Waals surface area contributed by atoms with Gasteiger partial charge in [0.2, 0.25) is 5.71 Å². The first-order valence-corrected chi connectivity index (χ1v) is 13.0. The average Bonchev–Trinajstić information content (AvgIpc) is 3.47. The van der Waals surface area contributed by atoms with E-state index < -0.39 is 0 Å². The highest BCUT2D eigenvalue weighted by Gasteiger charge is 2.32. The van der Waals surface area contributed by atoms with Crippen LogP contribution in [0.5, 0.6) is 0 Å². The van der Waals surface area contributed by atoms with Crippen LogP contribution in [0.3, 0.4) is 0 Å². The Kier molecular flexibility index (Phi) is 5.81. The zero-order valence-electron chi connectivity index (χ0n) is 20.5. The molecule has 2 aliphatic carbocycles. The smallest absolute Gasteiger partial charge is 0.231 e. The molecule has 3 aliphatic rings. The van der Waals surface area contributed by atoms with Crippen molar-refractivity contribution >= 4 is 33.8 Å². The van der Waals surface area contributed by atoms with Gasteiger partial charge in [-0.25, -0.2) is 9.97 Å². The number of morpholine rings is 1. The van der Waals surface area contributed by atoms with E-state index in [1.165, 1.54) is 43.2 Å². The Morgan fingerprint density at radius 3 is 2.74 bits per heavy atom. The molecule has 0 aromatic carbocycles. The number of ether oxygens (including phenoxy) is 1. The number of aromatic nitrogens is 3. The van der Waals surface area contributed by atoms with E-state index >= 15 is 0 Å². The average molecular weight is 465 g/mol. The molecule has 0 amide bonds. The summed E-state index contributed by atoms with van der Waals surface area (Å²) in [6, 6.07) is 0.519. The summed E-state index contributed by atoms with van der Waals surface area (Å²) in [7, 11) is 0. The highest BCUT2D eigenvalue weighted by Crippen LogP contribution is 2.44. The minimum Gasteiger partial charge on any atom is -0.432 e. The highest BCUT2D eigenvalue weighted by atomic mass is 16.5. The van der Waals surface area contributed by atoms with E-state index in [4.69, 9.17) is 14.1 Å². The number of anilines is 2. The van der Waals surface area contributed by atoms with Crippen molar-refractivity contribution in [2.75, 3.05) is 50.0 Å². The molecule has 0 unspecified atom stereocenters. The van der Waals surface area contributed by atoms with Crippen LogP contribution in [0.15, 0.2) is 10.7 Å². The lowest BCUT2D eigenvalue weighted by atomic mass is 9.73. The van der Waals surface area contributed by atoms with Crippen molar-refractivity contribution in [3.05, 3.63) is 17.5 Å². The van der Waals surface area contributed by atoms with Crippen LogP contribution in [-0.4, -0.2) is 65.3 Å². The topological polar surface area (TPSA) is 88.3 Å². The number of rotatable bonds is 6. The van der Waals surface area contributed by atoms with Crippen LogP contribution >= 0.6 is 0 Å². The third-order valence-electron chi connectivity index (χ3n) is 7.85. The summed E-state index contributed by atoms with van der Waals surface area (Å²) in [5.41, 5.74) is 5.26. The molecule has 2 fully saturated rings. The fourth-order valence-corrected chi connectivity index (χ4v) is 5.87. The molecule has 6 rings (SSSR count). The fraction of sp³-hybridized carbons (Fsp3) is 0.654. The van der Waals surface area contributed by atoms with Crippen molar-refractivity contribution in [2.45, 2.75) is 64.8 Å². The van der Waals surface area contributed by atoms with Gasteiger partial charge in [0.1, 0.15) is 17.7 Å². The Hall–Kier alpha value is -2.45. The quantitative estimate of drug-likeness (QED) is 0.556. The molecule has 1 saturated heterocycles. The molecule has 0 spiro atoms.